The van der Waals surface area contributed by atoms with Gasteiger partial charge in [-0.2, -0.15) is 0 Å². The third-order valence-corrected chi connectivity index (χ3v) is 2.71. The number of hydrogen-bond donors (Lipinski definition) is 3. The third-order valence-electron chi connectivity index (χ3n) is 2.45. The van der Waals surface area contributed by atoms with Crippen LogP contribution in [-0.4, -0.2) is 43.4 Å². The number of methoxy groups -OCH3 is 1. The van der Waals surface area contributed by atoms with Crippen molar-refractivity contribution in [2.24, 2.45) is 0 Å². The Bertz CT molecular complexity index is 262. The second-order valence-electron chi connectivity index (χ2n) is 4.38. The minimum atomic E-state index is 0.0459. The van der Waals surface area contributed by atoms with E-state index in [4.69, 9.17) is 17.0 Å². The lowest BCUT2D eigenvalue weighted by Crippen LogP contribution is -2.43. The number of hydrogen-bond acceptors (Lipinski definition) is 3. The average molecular weight is 275 g/mol. The first kappa shape index (κ1) is 17.1. The van der Waals surface area contributed by atoms with Gasteiger partial charge >= 0.3 is 0 Å². The molecule has 106 valence electrons. The first-order chi connectivity index (χ1) is 8.49. The van der Waals surface area contributed by atoms with E-state index < -0.39 is 0 Å². The van der Waals surface area contributed by atoms with E-state index in [1.807, 2.05) is 20.8 Å². The highest BCUT2D eigenvalue weighted by atomic mass is 32.1. The fourth-order valence-electron chi connectivity index (χ4n) is 1.31. The van der Waals surface area contributed by atoms with Crippen LogP contribution < -0.4 is 16.0 Å². The molecule has 0 aromatic heterocycles. The van der Waals surface area contributed by atoms with Gasteiger partial charge in [0.1, 0.15) is 0 Å². The van der Waals surface area contributed by atoms with Gasteiger partial charge in [-0.1, -0.05) is 6.92 Å². The number of carbonyl (C=O) groups is 1. The minimum Gasteiger partial charge on any atom is -0.383 e. The number of carbonyl (C=O) groups excluding carboxylic acids is 1. The highest BCUT2D eigenvalue weighted by Crippen LogP contribution is 1.89. The molecule has 0 saturated heterocycles. The number of nitrogens with one attached hydrogen (secondary N) is 3. The van der Waals surface area contributed by atoms with Gasteiger partial charge in [0.15, 0.2) is 5.11 Å². The molecule has 0 aliphatic carbocycles. The van der Waals surface area contributed by atoms with Crippen molar-refractivity contribution in [2.45, 2.75) is 45.7 Å². The number of amides is 1. The van der Waals surface area contributed by atoms with Gasteiger partial charge in [0, 0.05) is 32.2 Å². The molecule has 18 heavy (non-hydrogen) atoms. The summed E-state index contributed by atoms with van der Waals surface area (Å²) < 4.78 is 4.99. The SMILES string of the molecule is CCC(C)NC(=O)CCNC(=S)NC(C)COC. The summed E-state index contributed by atoms with van der Waals surface area (Å²) in [5, 5.41) is 9.52. The zero-order valence-corrected chi connectivity index (χ0v) is 12.5. The molecule has 0 bridgehead atoms. The van der Waals surface area contributed by atoms with Crippen LogP contribution >= 0.6 is 12.2 Å². The van der Waals surface area contributed by atoms with Crippen LogP contribution in [0.15, 0.2) is 0 Å². The molecule has 0 spiro atoms. The quantitative estimate of drug-likeness (QED) is 0.572. The van der Waals surface area contributed by atoms with E-state index in [9.17, 15) is 4.79 Å². The van der Waals surface area contributed by atoms with Gasteiger partial charge in [0.05, 0.1) is 6.61 Å². The molecule has 2 unspecified atom stereocenters. The normalized spacial score (nSPS) is 13.6. The predicted octanol–water partition coefficient (Wildman–Crippen LogP) is 0.790. The molecular formula is C12H25N3O2S. The van der Waals surface area contributed by atoms with Gasteiger partial charge in [-0.3, -0.25) is 4.79 Å². The van der Waals surface area contributed by atoms with Crippen LogP contribution in [0.25, 0.3) is 0 Å². The zero-order chi connectivity index (χ0) is 14.0. The molecule has 0 rings (SSSR count). The molecular weight excluding hydrogens is 250 g/mol. The number of ether oxygens (including phenoxy) is 1. The molecule has 0 aliphatic heterocycles. The first-order valence-corrected chi connectivity index (χ1v) is 6.73. The highest BCUT2D eigenvalue weighted by Gasteiger charge is 2.06. The summed E-state index contributed by atoms with van der Waals surface area (Å²) in [7, 11) is 1.65. The molecule has 2 atom stereocenters. The van der Waals surface area contributed by atoms with Crippen LogP contribution in [0.1, 0.15) is 33.6 Å². The standard InChI is InChI=1S/C12H25N3O2S/c1-5-9(2)14-11(16)6-7-13-12(18)15-10(3)8-17-4/h9-10H,5-8H2,1-4H3,(H,14,16)(H2,13,15,18). The van der Waals surface area contributed by atoms with Gasteiger partial charge in [-0.05, 0) is 32.5 Å². The first-order valence-electron chi connectivity index (χ1n) is 6.32. The van der Waals surface area contributed by atoms with Gasteiger partial charge < -0.3 is 20.7 Å². The van der Waals surface area contributed by atoms with Crippen molar-refractivity contribution in [1.29, 1.82) is 0 Å². The Kier molecular flexibility index (Phi) is 9.59. The lowest BCUT2D eigenvalue weighted by Gasteiger charge is -2.16. The van der Waals surface area contributed by atoms with Crippen molar-refractivity contribution < 1.29 is 9.53 Å². The van der Waals surface area contributed by atoms with Gasteiger partial charge in [-0.25, -0.2) is 0 Å². The summed E-state index contributed by atoms with van der Waals surface area (Å²) in [6, 6.07) is 0.383. The molecule has 0 aliphatic rings. The lowest BCUT2D eigenvalue weighted by atomic mass is 10.2. The van der Waals surface area contributed by atoms with Crippen LogP contribution in [-0.2, 0) is 9.53 Å². The maximum atomic E-state index is 11.5. The van der Waals surface area contributed by atoms with E-state index >= 15 is 0 Å². The van der Waals surface area contributed by atoms with Crippen molar-refractivity contribution in [3.05, 3.63) is 0 Å². The average Bonchev–Trinajstić information content (AvgIpc) is 2.28. The van der Waals surface area contributed by atoms with Gasteiger partial charge in [0.2, 0.25) is 5.91 Å². The highest BCUT2D eigenvalue weighted by molar-refractivity contribution is 7.80. The maximum Gasteiger partial charge on any atom is 0.221 e. The van der Waals surface area contributed by atoms with Crippen molar-refractivity contribution in [3.8, 4) is 0 Å². The van der Waals surface area contributed by atoms with Gasteiger partial charge in [0.25, 0.3) is 0 Å². The smallest absolute Gasteiger partial charge is 0.221 e. The Morgan fingerprint density at radius 2 is 1.94 bits per heavy atom. The zero-order valence-electron chi connectivity index (χ0n) is 11.7. The van der Waals surface area contributed by atoms with Crippen LogP contribution in [0.5, 0.6) is 0 Å². The Balaban J connectivity index is 3.64. The summed E-state index contributed by atoms with van der Waals surface area (Å²) in [6.07, 6.45) is 1.36. The number of thiocarbonyl (C=S) groups is 1. The molecule has 6 heteroatoms. The fourth-order valence-corrected chi connectivity index (χ4v) is 1.61. The molecule has 5 nitrogen and oxygen atoms in total. The summed E-state index contributed by atoms with van der Waals surface area (Å²) in [5.41, 5.74) is 0. The number of rotatable bonds is 8. The van der Waals surface area contributed by atoms with Crippen molar-refractivity contribution in [1.82, 2.24) is 16.0 Å². The monoisotopic (exact) mass is 275 g/mol. The molecule has 0 saturated carbocycles. The molecule has 0 heterocycles. The van der Waals surface area contributed by atoms with Crippen LogP contribution in [0.2, 0.25) is 0 Å². The summed E-state index contributed by atoms with van der Waals surface area (Å²) in [6.45, 7) is 7.14. The van der Waals surface area contributed by atoms with E-state index in [0.29, 0.717) is 24.7 Å². The Morgan fingerprint density at radius 1 is 1.28 bits per heavy atom. The van der Waals surface area contributed by atoms with Crippen LogP contribution in [0.3, 0.4) is 0 Å². The molecule has 0 fully saturated rings. The molecule has 1 amide bonds. The Hall–Kier alpha value is -0.880. The molecule has 0 aromatic carbocycles. The summed E-state index contributed by atoms with van der Waals surface area (Å²) >= 11 is 5.10. The van der Waals surface area contributed by atoms with Crippen molar-refractivity contribution in [2.75, 3.05) is 20.3 Å². The van der Waals surface area contributed by atoms with Crippen molar-refractivity contribution in [3.63, 3.8) is 0 Å². The third kappa shape index (κ3) is 9.18. The van der Waals surface area contributed by atoms with Gasteiger partial charge in [-0.15, -0.1) is 0 Å². The summed E-state index contributed by atoms with van der Waals surface area (Å²) in [4.78, 5) is 11.5. The lowest BCUT2D eigenvalue weighted by molar-refractivity contribution is -0.121. The second kappa shape index (κ2) is 10.1. The molecule has 0 aromatic rings. The molecule has 3 N–H and O–H groups in total. The fraction of sp³-hybridized carbons (Fsp3) is 0.833. The second-order valence-corrected chi connectivity index (χ2v) is 4.79. The van der Waals surface area contributed by atoms with Crippen molar-refractivity contribution >= 4 is 23.2 Å². The van der Waals surface area contributed by atoms with E-state index in [1.165, 1.54) is 0 Å². The van der Waals surface area contributed by atoms with Crippen LogP contribution in [0, 0.1) is 0 Å². The van der Waals surface area contributed by atoms with E-state index in [2.05, 4.69) is 16.0 Å². The topological polar surface area (TPSA) is 62.4 Å². The van der Waals surface area contributed by atoms with Crippen LogP contribution in [0.4, 0.5) is 0 Å². The van der Waals surface area contributed by atoms with E-state index in [-0.39, 0.29) is 18.0 Å². The summed E-state index contributed by atoms with van der Waals surface area (Å²) in [5.74, 6) is 0.0459. The Labute approximate surface area is 115 Å². The van der Waals surface area contributed by atoms with E-state index in [0.717, 1.165) is 6.42 Å². The largest absolute Gasteiger partial charge is 0.383 e. The maximum absolute atomic E-state index is 11.5. The molecule has 0 radical (unpaired) electrons. The predicted molar refractivity (Wildman–Crippen MR) is 77.6 cm³/mol. The van der Waals surface area contributed by atoms with E-state index in [1.54, 1.807) is 7.11 Å². The minimum absolute atomic E-state index is 0.0459. The Morgan fingerprint density at radius 3 is 2.50 bits per heavy atom.